The van der Waals surface area contributed by atoms with E-state index in [9.17, 15) is 4.79 Å². The highest BCUT2D eigenvalue weighted by molar-refractivity contribution is 6.13. The number of hydrogen-bond acceptors (Lipinski definition) is 6. The molecule has 0 amide bonds. The van der Waals surface area contributed by atoms with Gasteiger partial charge >= 0.3 is 5.63 Å². The first-order valence-electron chi connectivity index (χ1n) is 7.25. The second-order valence-corrected chi connectivity index (χ2v) is 5.26. The first-order valence-corrected chi connectivity index (χ1v) is 7.25. The van der Waals surface area contributed by atoms with Gasteiger partial charge in [-0.05, 0) is 18.2 Å². The molecule has 2 heterocycles. The van der Waals surface area contributed by atoms with Gasteiger partial charge in [0.05, 0.1) is 26.7 Å². The van der Waals surface area contributed by atoms with Crippen molar-refractivity contribution in [3.05, 3.63) is 40.8 Å². The van der Waals surface area contributed by atoms with E-state index < -0.39 is 5.63 Å². The monoisotopic (exact) mass is 326 g/mol. The van der Waals surface area contributed by atoms with Crippen molar-refractivity contribution in [1.29, 1.82) is 0 Å². The molecule has 0 bridgehead atoms. The number of methoxy groups -OCH3 is 3. The smallest absolute Gasteiger partial charge is 0.348 e. The van der Waals surface area contributed by atoms with Crippen molar-refractivity contribution in [2.75, 3.05) is 21.3 Å². The second-order valence-electron chi connectivity index (χ2n) is 5.26. The van der Waals surface area contributed by atoms with Gasteiger partial charge in [-0.15, -0.1) is 0 Å². The summed E-state index contributed by atoms with van der Waals surface area (Å²) in [6.07, 6.45) is 0. The molecule has 4 aromatic rings. The predicted molar refractivity (Wildman–Crippen MR) is 89.4 cm³/mol. The summed E-state index contributed by atoms with van der Waals surface area (Å²) in [5.74, 6) is 1.64. The average Bonchev–Trinajstić information content (AvgIpc) is 2.98. The Bertz CT molecular complexity index is 1140. The Balaban J connectivity index is 2.17. The topological polar surface area (TPSA) is 71.0 Å². The van der Waals surface area contributed by atoms with Crippen LogP contribution in [0, 0.1) is 0 Å². The van der Waals surface area contributed by atoms with E-state index in [0.29, 0.717) is 50.2 Å². The Labute approximate surface area is 136 Å². The van der Waals surface area contributed by atoms with E-state index in [0.717, 1.165) is 0 Å². The molecule has 0 N–H and O–H groups in total. The molecule has 0 saturated carbocycles. The molecule has 122 valence electrons. The first kappa shape index (κ1) is 14.4. The van der Waals surface area contributed by atoms with Crippen LogP contribution in [0.3, 0.4) is 0 Å². The van der Waals surface area contributed by atoms with Gasteiger partial charge in [-0.2, -0.15) is 0 Å². The van der Waals surface area contributed by atoms with Crippen LogP contribution in [0.2, 0.25) is 0 Å². The van der Waals surface area contributed by atoms with E-state index in [1.807, 2.05) is 0 Å². The summed E-state index contributed by atoms with van der Waals surface area (Å²) in [6, 6.07) is 8.66. The van der Waals surface area contributed by atoms with Crippen LogP contribution in [-0.2, 0) is 0 Å². The molecule has 2 aromatic heterocycles. The first-order chi connectivity index (χ1) is 11.7. The molecule has 0 unspecified atom stereocenters. The van der Waals surface area contributed by atoms with E-state index in [1.54, 1.807) is 44.6 Å². The van der Waals surface area contributed by atoms with Crippen molar-refractivity contribution >= 4 is 32.9 Å². The van der Waals surface area contributed by atoms with Gasteiger partial charge in [0, 0.05) is 17.5 Å². The van der Waals surface area contributed by atoms with Crippen molar-refractivity contribution in [3.63, 3.8) is 0 Å². The number of hydrogen-bond donors (Lipinski definition) is 0. The lowest BCUT2D eigenvalue weighted by molar-refractivity contribution is 0.355. The Morgan fingerprint density at radius 2 is 1.50 bits per heavy atom. The number of benzene rings is 2. The van der Waals surface area contributed by atoms with Gasteiger partial charge < -0.3 is 23.0 Å². The number of fused-ring (bicyclic) bond motifs is 5. The van der Waals surface area contributed by atoms with Crippen LogP contribution in [0.4, 0.5) is 0 Å². The summed E-state index contributed by atoms with van der Waals surface area (Å²) < 4.78 is 27.1. The van der Waals surface area contributed by atoms with E-state index in [4.69, 9.17) is 23.0 Å². The minimum atomic E-state index is -0.475. The molecular weight excluding hydrogens is 312 g/mol. The lowest BCUT2D eigenvalue weighted by atomic mass is 10.1. The average molecular weight is 326 g/mol. The molecule has 0 fully saturated rings. The SMILES string of the molecule is COc1ccc2c(c1)oc(=O)c1c3cc(OC)c(OC)cc3oc21. The van der Waals surface area contributed by atoms with Crippen LogP contribution in [0.15, 0.2) is 44.0 Å². The molecule has 6 nitrogen and oxygen atoms in total. The van der Waals surface area contributed by atoms with E-state index in [1.165, 1.54) is 7.11 Å². The lowest BCUT2D eigenvalue weighted by Gasteiger charge is -2.06. The molecule has 0 aliphatic rings. The molecule has 0 saturated heterocycles. The van der Waals surface area contributed by atoms with Gasteiger partial charge in [0.1, 0.15) is 22.3 Å². The minimum absolute atomic E-state index is 0.378. The largest absolute Gasteiger partial charge is 0.497 e. The fourth-order valence-corrected chi connectivity index (χ4v) is 2.87. The van der Waals surface area contributed by atoms with Crippen LogP contribution >= 0.6 is 0 Å². The van der Waals surface area contributed by atoms with Crippen LogP contribution in [0.5, 0.6) is 17.2 Å². The molecule has 0 aliphatic carbocycles. The third-order valence-corrected chi connectivity index (χ3v) is 4.03. The van der Waals surface area contributed by atoms with Crippen molar-refractivity contribution in [2.24, 2.45) is 0 Å². The Hall–Kier alpha value is -3.15. The number of rotatable bonds is 3. The van der Waals surface area contributed by atoms with Crippen molar-refractivity contribution in [3.8, 4) is 17.2 Å². The summed E-state index contributed by atoms with van der Waals surface area (Å²) in [4.78, 5) is 12.5. The Morgan fingerprint density at radius 3 is 2.21 bits per heavy atom. The minimum Gasteiger partial charge on any atom is -0.497 e. The van der Waals surface area contributed by atoms with Gasteiger partial charge in [-0.25, -0.2) is 4.79 Å². The number of furan rings is 1. The van der Waals surface area contributed by atoms with E-state index in [2.05, 4.69) is 0 Å². The molecule has 24 heavy (non-hydrogen) atoms. The van der Waals surface area contributed by atoms with Gasteiger partial charge in [0.2, 0.25) is 0 Å². The summed E-state index contributed by atoms with van der Waals surface area (Å²) in [6.45, 7) is 0. The number of ether oxygens (including phenoxy) is 3. The molecule has 0 aliphatic heterocycles. The maximum absolute atomic E-state index is 12.5. The van der Waals surface area contributed by atoms with E-state index >= 15 is 0 Å². The molecule has 0 spiro atoms. The van der Waals surface area contributed by atoms with Gasteiger partial charge in [-0.3, -0.25) is 0 Å². The highest BCUT2D eigenvalue weighted by Crippen LogP contribution is 2.38. The molecule has 4 rings (SSSR count). The summed E-state index contributed by atoms with van der Waals surface area (Å²) in [5.41, 5.74) is 0.925. The molecule has 2 aromatic carbocycles. The maximum Gasteiger partial charge on any atom is 0.348 e. The van der Waals surface area contributed by atoms with Gasteiger partial charge in [0.15, 0.2) is 17.1 Å². The molecule has 0 atom stereocenters. The summed E-state index contributed by atoms with van der Waals surface area (Å²) >= 11 is 0. The maximum atomic E-state index is 12.5. The Kier molecular flexibility index (Phi) is 3.13. The van der Waals surface area contributed by atoms with Crippen molar-refractivity contribution in [2.45, 2.75) is 0 Å². The normalized spacial score (nSPS) is 11.3. The Morgan fingerprint density at radius 1 is 0.792 bits per heavy atom. The zero-order valence-corrected chi connectivity index (χ0v) is 13.3. The molecular formula is C18H14O6. The predicted octanol–water partition coefficient (Wildman–Crippen LogP) is 3.72. The third-order valence-electron chi connectivity index (χ3n) is 4.03. The van der Waals surface area contributed by atoms with Crippen LogP contribution in [0.1, 0.15) is 0 Å². The van der Waals surface area contributed by atoms with Crippen molar-refractivity contribution in [1.82, 2.24) is 0 Å². The van der Waals surface area contributed by atoms with Crippen molar-refractivity contribution < 1.29 is 23.0 Å². The third kappa shape index (κ3) is 1.93. The van der Waals surface area contributed by atoms with Gasteiger partial charge in [0.25, 0.3) is 0 Å². The van der Waals surface area contributed by atoms with Crippen LogP contribution in [0.25, 0.3) is 32.9 Å². The zero-order chi connectivity index (χ0) is 16.8. The lowest BCUT2D eigenvalue weighted by Crippen LogP contribution is -1.98. The molecule has 0 radical (unpaired) electrons. The molecule has 6 heteroatoms. The quantitative estimate of drug-likeness (QED) is 0.534. The summed E-state index contributed by atoms with van der Waals surface area (Å²) in [5, 5.41) is 1.69. The second kappa shape index (κ2) is 5.19. The van der Waals surface area contributed by atoms with Crippen LogP contribution in [-0.4, -0.2) is 21.3 Å². The standard InChI is InChI=1S/C18H14O6/c1-20-9-4-5-10-12(6-9)24-18(19)16-11-7-14(21-2)15(22-3)8-13(11)23-17(10)16/h4-8H,1-3H3. The fourth-order valence-electron chi connectivity index (χ4n) is 2.87. The highest BCUT2D eigenvalue weighted by atomic mass is 16.5. The fraction of sp³-hybridized carbons (Fsp3) is 0.167. The zero-order valence-electron chi connectivity index (χ0n) is 13.3. The van der Waals surface area contributed by atoms with E-state index in [-0.39, 0.29) is 0 Å². The van der Waals surface area contributed by atoms with Gasteiger partial charge in [-0.1, -0.05) is 0 Å². The summed E-state index contributed by atoms with van der Waals surface area (Å²) in [7, 11) is 4.63. The highest BCUT2D eigenvalue weighted by Gasteiger charge is 2.19. The van der Waals surface area contributed by atoms with Crippen LogP contribution < -0.4 is 19.8 Å².